The summed E-state index contributed by atoms with van der Waals surface area (Å²) in [6.07, 6.45) is -0.885. The molecule has 0 aromatic heterocycles. The van der Waals surface area contributed by atoms with Crippen LogP contribution in [-0.2, 0) is 18.9 Å². The second-order valence-corrected chi connectivity index (χ2v) is 5.50. The summed E-state index contributed by atoms with van der Waals surface area (Å²) in [4.78, 5) is 0. The molecule has 2 heterocycles. The van der Waals surface area contributed by atoms with Gasteiger partial charge in [-0.15, -0.1) is 0 Å². The highest BCUT2D eigenvalue weighted by atomic mass is 16.8. The average molecular weight is 298 g/mol. The minimum Gasteiger partial charge on any atom is -0.346 e. The molecule has 2 aliphatic rings. The summed E-state index contributed by atoms with van der Waals surface area (Å²) < 4.78 is 23.6. The van der Waals surface area contributed by atoms with Gasteiger partial charge in [-0.3, -0.25) is 0 Å². The van der Waals surface area contributed by atoms with E-state index in [1.165, 1.54) is 0 Å². The fourth-order valence-electron chi connectivity index (χ4n) is 2.80. The fourth-order valence-corrected chi connectivity index (χ4v) is 2.80. The first kappa shape index (κ1) is 13.9. The van der Waals surface area contributed by atoms with E-state index in [0.29, 0.717) is 13.2 Å². The topological polar surface area (TPSA) is 36.9 Å². The number of benzene rings is 2. The Morgan fingerprint density at radius 1 is 0.591 bits per heavy atom. The normalized spacial score (nSPS) is 31.5. The molecule has 2 fully saturated rings. The molecular weight excluding hydrogens is 280 g/mol. The molecule has 4 atom stereocenters. The molecule has 0 N–H and O–H groups in total. The Morgan fingerprint density at radius 2 is 1.00 bits per heavy atom. The lowest BCUT2D eigenvalue weighted by molar-refractivity contribution is -0.342. The SMILES string of the molecule is c1ccc(C2OCC3OC(c4ccccc4)OCC3O2)cc1. The lowest BCUT2D eigenvalue weighted by atomic mass is 10.1. The van der Waals surface area contributed by atoms with Crippen molar-refractivity contribution in [1.82, 2.24) is 0 Å². The highest BCUT2D eigenvalue weighted by Crippen LogP contribution is 2.34. The summed E-state index contributed by atoms with van der Waals surface area (Å²) in [5.41, 5.74) is 2.04. The van der Waals surface area contributed by atoms with Crippen LogP contribution in [0.1, 0.15) is 23.7 Å². The molecule has 4 rings (SSSR count). The van der Waals surface area contributed by atoms with E-state index < -0.39 is 0 Å². The van der Waals surface area contributed by atoms with Crippen molar-refractivity contribution in [2.45, 2.75) is 24.8 Å². The van der Waals surface area contributed by atoms with Gasteiger partial charge in [-0.2, -0.15) is 0 Å². The van der Waals surface area contributed by atoms with E-state index in [9.17, 15) is 0 Å². The van der Waals surface area contributed by atoms with Crippen LogP contribution in [0, 0.1) is 0 Å². The predicted molar refractivity (Wildman–Crippen MR) is 80.0 cm³/mol. The van der Waals surface area contributed by atoms with E-state index in [4.69, 9.17) is 18.9 Å². The third-order valence-electron chi connectivity index (χ3n) is 3.98. The van der Waals surface area contributed by atoms with Crippen LogP contribution >= 0.6 is 0 Å². The summed E-state index contributed by atoms with van der Waals surface area (Å²) in [7, 11) is 0. The van der Waals surface area contributed by atoms with Gasteiger partial charge in [0.15, 0.2) is 12.6 Å². The minimum atomic E-state index is -0.345. The molecule has 2 aliphatic heterocycles. The summed E-state index contributed by atoms with van der Waals surface area (Å²) in [5.74, 6) is 0. The van der Waals surface area contributed by atoms with Crippen LogP contribution < -0.4 is 0 Å². The van der Waals surface area contributed by atoms with Crippen LogP contribution in [0.2, 0.25) is 0 Å². The molecule has 2 saturated heterocycles. The lowest BCUT2D eigenvalue weighted by Gasteiger charge is -2.41. The number of fused-ring (bicyclic) bond motifs is 1. The van der Waals surface area contributed by atoms with Crippen LogP contribution in [0.4, 0.5) is 0 Å². The maximum Gasteiger partial charge on any atom is 0.184 e. The van der Waals surface area contributed by atoms with Crippen LogP contribution in [-0.4, -0.2) is 25.4 Å². The summed E-state index contributed by atoms with van der Waals surface area (Å²) in [6, 6.07) is 19.9. The van der Waals surface area contributed by atoms with E-state index in [0.717, 1.165) is 11.1 Å². The van der Waals surface area contributed by atoms with E-state index in [1.54, 1.807) is 0 Å². The molecule has 0 bridgehead atoms. The first-order valence-electron chi connectivity index (χ1n) is 7.54. The van der Waals surface area contributed by atoms with Crippen molar-refractivity contribution < 1.29 is 18.9 Å². The van der Waals surface area contributed by atoms with Crippen LogP contribution in [0.5, 0.6) is 0 Å². The summed E-state index contributed by atoms with van der Waals surface area (Å²) in [5, 5.41) is 0. The molecule has 4 nitrogen and oxygen atoms in total. The molecule has 114 valence electrons. The van der Waals surface area contributed by atoms with Gasteiger partial charge in [-0.1, -0.05) is 60.7 Å². The molecule has 2 aromatic rings. The van der Waals surface area contributed by atoms with Crippen molar-refractivity contribution in [2.24, 2.45) is 0 Å². The fraction of sp³-hybridized carbons (Fsp3) is 0.333. The second kappa shape index (κ2) is 6.18. The molecule has 0 radical (unpaired) electrons. The zero-order valence-electron chi connectivity index (χ0n) is 12.1. The molecule has 4 unspecified atom stereocenters. The Morgan fingerprint density at radius 3 is 1.41 bits per heavy atom. The first-order chi connectivity index (χ1) is 10.9. The molecule has 0 amide bonds. The van der Waals surface area contributed by atoms with Crippen LogP contribution in [0.25, 0.3) is 0 Å². The number of rotatable bonds is 2. The van der Waals surface area contributed by atoms with Crippen LogP contribution in [0.3, 0.4) is 0 Å². The molecule has 0 saturated carbocycles. The Labute approximate surface area is 129 Å². The van der Waals surface area contributed by atoms with Gasteiger partial charge >= 0.3 is 0 Å². The smallest absolute Gasteiger partial charge is 0.184 e. The van der Waals surface area contributed by atoms with Crippen molar-refractivity contribution in [1.29, 1.82) is 0 Å². The molecule has 22 heavy (non-hydrogen) atoms. The van der Waals surface area contributed by atoms with E-state index >= 15 is 0 Å². The average Bonchev–Trinajstić information content (AvgIpc) is 2.62. The van der Waals surface area contributed by atoms with Gasteiger partial charge in [0.25, 0.3) is 0 Å². The minimum absolute atomic E-state index is 0.0982. The highest BCUT2D eigenvalue weighted by Gasteiger charge is 2.39. The van der Waals surface area contributed by atoms with Gasteiger partial charge < -0.3 is 18.9 Å². The number of ether oxygens (including phenoxy) is 4. The van der Waals surface area contributed by atoms with E-state index in [1.807, 2.05) is 60.7 Å². The van der Waals surface area contributed by atoms with Crippen molar-refractivity contribution in [2.75, 3.05) is 13.2 Å². The molecule has 0 spiro atoms. The van der Waals surface area contributed by atoms with Gasteiger partial charge in [-0.05, 0) is 0 Å². The van der Waals surface area contributed by atoms with Crippen molar-refractivity contribution in [3.8, 4) is 0 Å². The lowest BCUT2D eigenvalue weighted by Crippen LogP contribution is -2.49. The van der Waals surface area contributed by atoms with E-state index in [-0.39, 0.29) is 24.8 Å². The number of hydrogen-bond acceptors (Lipinski definition) is 4. The Kier molecular flexibility index (Phi) is 3.91. The number of hydrogen-bond donors (Lipinski definition) is 0. The van der Waals surface area contributed by atoms with Crippen molar-refractivity contribution in [3.63, 3.8) is 0 Å². The maximum atomic E-state index is 5.99. The van der Waals surface area contributed by atoms with Crippen LogP contribution in [0.15, 0.2) is 60.7 Å². The quantitative estimate of drug-likeness (QED) is 0.853. The maximum absolute atomic E-state index is 5.99. The van der Waals surface area contributed by atoms with E-state index in [2.05, 4.69) is 0 Å². The molecule has 2 aromatic carbocycles. The molecule has 4 heteroatoms. The van der Waals surface area contributed by atoms with Crippen molar-refractivity contribution >= 4 is 0 Å². The zero-order valence-corrected chi connectivity index (χ0v) is 12.1. The Balaban J connectivity index is 1.43. The Bertz CT molecular complexity index is 545. The van der Waals surface area contributed by atoms with Gasteiger partial charge in [-0.25, -0.2) is 0 Å². The summed E-state index contributed by atoms with van der Waals surface area (Å²) in [6.45, 7) is 1.02. The largest absolute Gasteiger partial charge is 0.346 e. The molecular formula is C18H18O4. The second-order valence-electron chi connectivity index (χ2n) is 5.50. The van der Waals surface area contributed by atoms with Gasteiger partial charge in [0, 0.05) is 11.1 Å². The standard InChI is InChI=1S/C18H18O4/c1-3-7-13(8-4-1)17-19-11-16-15(21-17)12-20-18(22-16)14-9-5-2-6-10-14/h1-10,15-18H,11-12H2. The zero-order chi connectivity index (χ0) is 14.8. The third kappa shape index (κ3) is 2.78. The monoisotopic (exact) mass is 298 g/mol. The van der Waals surface area contributed by atoms with Gasteiger partial charge in [0.2, 0.25) is 0 Å². The van der Waals surface area contributed by atoms with Gasteiger partial charge in [0.05, 0.1) is 13.2 Å². The first-order valence-corrected chi connectivity index (χ1v) is 7.54. The predicted octanol–water partition coefficient (Wildman–Crippen LogP) is 3.21. The highest BCUT2D eigenvalue weighted by molar-refractivity contribution is 5.17. The summed E-state index contributed by atoms with van der Waals surface area (Å²) >= 11 is 0. The Hall–Kier alpha value is -1.72. The molecule has 0 aliphatic carbocycles. The van der Waals surface area contributed by atoms with Crippen molar-refractivity contribution in [3.05, 3.63) is 71.8 Å². The third-order valence-corrected chi connectivity index (χ3v) is 3.98. The van der Waals surface area contributed by atoms with Gasteiger partial charge in [0.1, 0.15) is 12.2 Å².